The Bertz CT molecular complexity index is 864. The third-order valence-electron chi connectivity index (χ3n) is 2.74. The zero-order chi connectivity index (χ0) is 17.0. The van der Waals surface area contributed by atoms with Crippen molar-refractivity contribution in [3.8, 4) is 0 Å². The zero-order valence-electron chi connectivity index (χ0n) is 11.8. The van der Waals surface area contributed by atoms with E-state index in [0.29, 0.717) is 4.85 Å². The van der Waals surface area contributed by atoms with Crippen molar-refractivity contribution in [2.45, 2.75) is 11.8 Å². The van der Waals surface area contributed by atoms with E-state index >= 15 is 0 Å². The number of aromatic nitrogens is 2. The molecule has 0 bridgehead atoms. The van der Waals surface area contributed by atoms with Gasteiger partial charge in [-0.2, -0.15) is 18.4 Å². The number of hydrazone groups is 1. The summed E-state index contributed by atoms with van der Waals surface area (Å²) in [5.41, 5.74) is 0.159. The molecule has 0 unspecified atom stereocenters. The van der Waals surface area contributed by atoms with Gasteiger partial charge in [0.2, 0.25) is 6.20 Å². The van der Waals surface area contributed by atoms with Crippen molar-refractivity contribution < 1.29 is 18.2 Å². The fraction of sp³-hybridized carbons (Fsp3) is 0.0833. The lowest BCUT2D eigenvalue weighted by Gasteiger charge is -2.04. The Morgan fingerprint density at radius 3 is 2.52 bits per heavy atom. The van der Waals surface area contributed by atoms with Crippen LogP contribution in [0.1, 0.15) is 12.6 Å². The van der Waals surface area contributed by atoms with Crippen LogP contribution in [0.5, 0.6) is 0 Å². The summed E-state index contributed by atoms with van der Waals surface area (Å²) in [5, 5.41) is 28.9. The summed E-state index contributed by atoms with van der Waals surface area (Å²) in [6.45, 7) is 1.47. The number of rotatable bonds is 5. The average molecular weight is 337 g/mol. The van der Waals surface area contributed by atoms with E-state index in [1.54, 1.807) is 0 Å². The molecule has 2 rings (SSSR count). The maximum Gasteiger partial charge on any atom is 0.276 e. The van der Waals surface area contributed by atoms with Gasteiger partial charge in [-0.05, 0) is 25.1 Å². The van der Waals surface area contributed by atoms with E-state index < -0.39 is 14.9 Å². The molecule has 0 spiro atoms. The standard InChI is InChI=1S/C12H11N5O5S/c1-9(12-3-2-8-16(18)14-12)13-15-23(21,22)11-6-4-10(5-7-11)17(19)20/h2-8,15H,1H3/b13-9+. The van der Waals surface area contributed by atoms with E-state index in [9.17, 15) is 23.7 Å². The lowest BCUT2D eigenvalue weighted by molar-refractivity contribution is -0.669. The van der Waals surface area contributed by atoms with Gasteiger partial charge in [0.05, 0.1) is 15.5 Å². The van der Waals surface area contributed by atoms with E-state index in [2.05, 4.69) is 10.2 Å². The van der Waals surface area contributed by atoms with Crippen LogP contribution in [0.2, 0.25) is 0 Å². The molecule has 0 fully saturated rings. The molecule has 0 atom stereocenters. The molecule has 0 aliphatic carbocycles. The largest absolute Gasteiger partial charge is 0.594 e. The first-order valence-electron chi connectivity index (χ1n) is 6.17. The van der Waals surface area contributed by atoms with Crippen molar-refractivity contribution in [3.05, 3.63) is 63.6 Å². The molecular weight excluding hydrogens is 326 g/mol. The second kappa shape index (κ2) is 6.36. The minimum Gasteiger partial charge on any atom is -0.594 e. The minimum absolute atomic E-state index is 0.181. The molecule has 2 aromatic rings. The SMILES string of the molecule is C/C(=N\NS(=O)(=O)c1ccc([N+](=O)[O-])cc1)c1ccc[n+]([O-])n1. The summed E-state index contributed by atoms with van der Waals surface area (Å²) in [6.07, 6.45) is 1.18. The minimum atomic E-state index is -3.99. The predicted molar refractivity (Wildman–Crippen MR) is 78.8 cm³/mol. The number of hydrogen-bond acceptors (Lipinski definition) is 7. The summed E-state index contributed by atoms with van der Waals surface area (Å²) < 4.78 is 24.1. The number of nitrogens with one attached hydrogen (secondary N) is 1. The van der Waals surface area contributed by atoms with Crippen LogP contribution in [-0.4, -0.2) is 24.2 Å². The molecule has 0 aliphatic rings. The Kier molecular flexibility index (Phi) is 4.50. The van der Waals surface area contributed by atoms with Crippen LogP contribution >= 0.6 is 0 Å². The van der Waals surface area contributed by atoms with E-state index in [4.69, 9.17) is 0 Å². The molecule has 23 heavy (non-hydrogen) atoms. The van der Waals surface area contributed by atoms with Crippen LogP contribution in [0.4, 0.5) is 5.69 Å². The summed E-state index contributed by atoms with van der Waals surface area (Å²) in [6, 6.07) is 7.27. The van der Waals surface area contributed by atoms with Crippen LogP contribution in [0.3, 0.4) is 0 Å². The third kappa shape index (κ3) is 3.97. The normalized spacial score (nSPS) is 12.0. The van der Waals surface area contributed by atoms with Gasteiger partial charge in [-0.25, -0.2) is 0 Å². The quantitative estimate of drug-likeness (QED) is 0.274. The van der Waals surface area contributed by atoms with Gasteiger partial charge in [0.25, 0.3) is 15.7 Å². The predicted octanol–water partition coefficient (Wildman–Crippen LogP) is 0.326. The summed E-state index contributed by atoms with van der Waals surface area (Å²) in [4.78, 5) is 12.0. The molecule has 1 aromatic carbocycles. The van der Waals surface area contributed by atoms with Crippen LogP contribution in [0.15, 0.2) is 52.6 Å². The Morgan fingerprint density at radius 1 is 1.30 bits per heavy atom. The maximum absolute atomic E-state index is 12.0. The van der Waals surface area contributed by atoms with Crippen LogP contribution in [-0.2, 0) is 10.0 Å². The van der Waals surface area contributed by atoms with Gasteiger partial charge >= 0.3 is 0 Å². The van der Waals surface area contributed by atoms with Crippen molar-refractivity contribution in [1.29, 1.82) is 0 Å². The number of nitrogens with zero attached hydrogens (tertiary/aromatic N) is 4. The summed E-state index contributed by atoms with van der Waals surface area (Å²) in [5.74, 6) is 0. The maximum atomic E-state index is 12.0. The highest BCUT2D eigenvalue weighted by Gasteiger charge is 2.15. The third-order valence-corrected chi connectivity index (χ3v) is 3.96. The number of sulfonamides is 1. The van der Waals surface area contributed by atoms with Gasteiger partial charge < -0.3 is 5.21 Å². The van der Waals surface area contributed by atoms with Gasteiger partial charge in [0.1, 0.15) is 0 Å². The molecular formula is C12H11N5O5S. The fourth-order valence-corrected chi connectivity index (χ4v) is 2.42. The topological polar surface area (TPSA) is 142 Å². The van der Waals surface area contributed by atoms with Crippen molar-refractivity contribution >= 4 is 21.4 Å². The van der Waals surface area contributed by atoms with E-state index in [1.807, 2.05) is 4.83 Å². The number of benzene rings is 1. The number of nitro benzene ring substituents is 1. The molecule has 0 saturated heterocycles. The van der Waals surface area contributed by atoms with Gasteiger partial charge in [-0.3, -0.25) is 10.1 Å². The highest BCUT2D eigenvalue weighted by Crippen LogP contribution is 2.15. The second-order valence-corrected chi connectivity index (χ2v) is 6.00. The van der Waals surface area contributed by atoms with E-state index in [1.165, 1.54) is 25.3 Å². The second-order valence-electron chi connectivity index (χ2n) is 4.34. The molecule has 0 radical (unpaired) electrons. The Balaban J connectivity index is 2.20. The molecule has 10 nitrogen and oxygen atoms in total. The summed E-state index contributed by atoms with van der Waals surface area (Å²) in [7, 11) is -3.99. The van der Waals surface area contributed by atoms with Gasteiger partial charge in [-0.15, -0.1) is 0 Å². The van der Waals surface area contributed by atoms with Crippen molar-refractivity contribution in [2.24, 2.45) is 5.10 Å². The smallest absolute Gasteiger partial charge is 0.276 e. The Morgan fingerprint density at radius 2 is 1.96 bits per heavy atom. The number of non-ortho nitro benzene ring substituents is 1. The van der Waals surface area contributed by atoms with Crippen molar-refractivity contribution in [2.75, 3.05) is 0 Å². The average Bonchev–Trinajstić information content (AvgIpc) is 2.52. The van der Waals surface area contributed by atoms with Gasteiger partial charge in [-0.1, -0.05) is 4.85 Å². The molecule has 11 heteroatoms. The Labute approximate surface area is 130 Å². The van der Waals surface area contributed by atoms with Gasteiger partial charge in [0.15, 0.2) is 5.69 Å². The van der Waals surface area contributed by atoms with Crippen molar-refractivity contribution in [3.63, 3.8) is 0 Å². The monoisotopic (exact) mass is 337 g/mol. The molecule has 0 amide bonds. The lowest BCUT2D eigenvalue weighted by atomic mass is 10.3. The first kappa shape index (κ1) is 16.3. The lowest BCUT2D eigenvalue weighted by Crippen LogP contribution is -2.32. The van der Waals surface area contributed by atoms with Gasteiger partial charge in [0, 0.05) is 23.3 Å². The van der Waals surface area contributed by atoms with Crippen LogP contribution in [0.25, 0.3) is 0 Å². The van der Waals surface area contributed by atoms with E-state index in [-0.39, 0.29) is 22.0 Å². The molecule has 0 aliphatic heterocycles. The first-order valence-corrected chi connectivity index (χ1v) is 7.65. The zero-order valence-corrected chi connectivity index (χ0v) is 12.6. The Hall–Kier alpha value is -3.08. The first-order chi connectivity index (χ1) is 10.8. The summed E-state index contributed by atoms with van der Waals surface area (Å²) >= 11 is 0. The highest BCUT2D eigenvalue weighted by atomic mass is 32.2. The highest BCUT2D eigenvalue weighted by molar-refractivity contribution is 7.89. The van der Waals surface area contributed by atoms with Crippen LogP contribution < -0.4 is 9.68 Å². The fourth-order valence-electron chi connectivity index (χ4n) is 1.56. The molecule has 0 saturated carbocycles. The van der Waals surface area contributed by atoms with E-state index in [0.717, 1.165) is 24.3 Å². The molecule has 1 heterocycles. The molecule has 1 aromatic heterocycles. The number of hydrogen-bond donors (Lipinski definition) is 1. The molecule has 1 N–H and O–H groups in total. The van der Waals surface area contributed by atoms with Crippen LogP contribution in [0, 0.1) is 15.3 Å². The number of nitro groups is 1. The van der Waals surface area contributed by atoms with Crippen molar-refractivity contribution in [1.82, 2.24) is 9.93 Å². The molecule has 120 valence electrons.